The number of aliphatic hydroxyl groups is 1. The smallest absolute Gasteiger partial charge is 0.0693 e. The molecule has 0 aromatic rings. The summed E-state index contributed by atoms with van der Waals surface area (Å²) >= 11 is 0. The van der Waals surface area contributed by atoms with Crippen molar-refractivity contribution in [1.82, 2.24) is 10.2 Å². The number of hydrogen-bond donors (Lipinski definition) is 2. The van der Waals surface area contributed by atoms with Gasteiger partial charge >= 0.3 is 0 Å². The zero-order valence-corrected chi connectivity index (χ0v) is 13.6. The summed E-state index contributed by atoms with van der Waals surface area (Å²) in [6, 6.07) is 0.546. The van der Waals surface area contributed by atoms with Crippen molar-refractivity contribution in [2.45, 2.75) is 66.0 Å². The summed E-state index contributed by atoms with van der Waals surface area (Å²) in [6.07, 6.45) is 3.39. The summed E-state index contributed by atoms with van der Waals surface area (Å²) in [4.78, 5) is 2.47. The van der Waals surface area contributed by atoms with E-state index in [1.54, 1.807) is 0 Å². The molecule has 2 atom stereocenters. The molecule has 0 aliphatic carbocycles. The van der Waals surface area contributed by atoms with Crippen LogP contribution in [-0.4, -0.2) is 48.3 Å². The Kier molecular flexibility index (Phi) is 6.78. The van der Waals surface area contributed by atoms with Gasteiger partial charge in [0.15, 0.2) is 0 Å². The van der Waals surface area contributed by atoms with E-state index in [9.17, 15) is 5.11 Å². The average molecular weight is 270 g/mol. The molecule has 3 nitrogen and oxygen atoms in total. The van der Waals surface area contributed by atoms with Crippen LogP contribution in [0, 0.1) is 11.3 Å². The molecule has 3 heteroatoms. The molecule has 0 saturated carbocycles. The van der Waals surface area contributed by atoms with E-state index in [4.69, 9.17) is 0 Å². The van der Waals surface area contributed by atoms with Crippen molar-refractivity contribution in [3.63, 3.8) is 0 Å². The molecule has 0 spiro atoms. The molecule has 1 heterocycles. The topological polar surface area (TPSA) is 35.5 Å². The first-order valence-corrected chi connectivity index (χ1v) is 8.06. The maximum absolute atomic E-state index is 10.1. The quantitative estimate of drug-likeness (QED) is 0.746. The fourth-order valence-corrected chi connectivity index (χ4v) is 2.93. The van der Waals surface area contributed by atoms with Crippen LogP contribution in [0.25, 0.3) is 0 Å². The lowest BCUT2D eigenvalue weighted by molar-refractivity contribution is 0.00745. The van der Waals surface area contributed by atoms with E-state index in [1.807, 2.05) is 0 Å². The summed E-state index contributed by atoms with van der Waals surface area (Å²) in [5.74, 6) is 0.461. The van der Waals surface area contributed by atoms with E-state index in [2.05, 4.69) is 44.8 Å². The summed E-state index contributed by atoms with van der Waals surface area (Å²) in [7, 11) is 0. The molecule has 1 fully saturated rings. The van der Waals surface area contributed by atoms with Crippen LogP contribution in [0.3, 0.4) is 0 Å². The van der Waals surface area contributed by atoms with Crippen molar-refractivity contribution in [1.29, 1.82) is 0 Å². The van der Waals surface area contributed by atoms with Gasteiger partial charge < -0.3 is 15.3 Å². The fourth-order valence-electron chi connectivity index (χ4n) is 2.93. The van der Waals surface area contributed by atoms with E-state index >= 15 is 0 Å². The van der Waals surface area contributed by atoms with Gasteiger partial charge in [0.2, 0.25) is 0 Å². The highest BCUT2D eigenvalue weighted by Crippen LogP contribution is 2.29. The van der Waals surface area contributed by atoms with Crippen LogP contribution < -0.4 is 5.32 Å². The summed E-state index contributed by atoms with van der Waals surface area (Å²) < 4.78 is 0. The summed E-state index contributed by atoms with van der Waals surface area (Å²) in [5.41, 5.74) is 0.352. The second kappa shape index (κ2) is 7.61. The molecule has 0 radical (unpaired) electrons. The zero-order chi connectivity index (χ0) is 14.5. The maximum Gasteiger partial charge on any atom is 0.0693 e. The number of rotatable bonds is 7. The second-order valence-corrected chi connectivity index (χ2v) is 6.81. The Morgan fingerprint density at radius 1 is 1.32 bits per heavy atom. The second-order valence-electron chi connectivity index (χ2n) is 6.81. The summed E-state index contributed by atoms with van der Waals surface area (Å²) in [6.45, 7) is 15.4. The molecular formula is C16H34N2O. The Balaban J connectivity index is 2.57. The van der Waals surface area contributed by atoms with Crippen LogP contribution in [0.5, 0.6) is 0 Å². The predicted molar refractivity (Wildman–Crippen MR) is 82.4 cm³/mol. The predicted octanol–water partition coefficient (Wildman–Crippen LogP) is 2.49. The Morgan fingerprint density at radius 3 is 2.42 bits per heavy atom. The average Bonchev–Trinajstić information content (AvgIpc) is 2.39. The van der Waals surface area contributed by atoms with Crippen LogP contribution in [0.15, 0.2) is 0 Å². The Labute approximate surface area is 119 Å². The first-order chi connectivity index (χ1) is 8.92. The Bertz CT molecular complexity index is 251. The Morgan fingerprint density at radius 2 is 1.95 bits per heavy atom. The molecule has 2 N–H and O–H groups in total. The van der Waals surface area contributed by atoms with E-state index in [1.165, 1.54) is 12.8 Å². The van der Waals surface area contributed by atoms with Crippen molar-refractivity contribution in [3.8, 4) is 0 Å². The molecule has 0 aromatic heterocycles. The van der Waals surface area contributed by atoms with Gasteiger partial charge in [-0.3, -0.25) is 0 Å². The minimum Gasteiger partial charge on any atom is -0.392 e. The molecule has 0 aromatic carbocycles. The van der Waals surface area contributed by atoms with Crippen LogP contribution in [0.4, 0.5) is 0 Å². The largest absolute Gasteiger partial charge is 0.392 e. The standard InChI is InChI=1S/C16H34N2O/c1-6-16(7-2,11-17-13(3)4)12-18-9-8-14(5)15(19)10-18/h13-15,17,19H,6-12H2,1-5H3. The number of nitrogens with one attached hydrogen (secondary N) is 1. The van der Waals surface area contributed by atoms with Gasteiger partial charge in [0.05, 0.1) is 6.10 Å². The lowest BCUT2D eigenvalue weighted by Crippen LogP contribution is -2.50. The minimum atomic E-state index is -0.141. The van der Waals surface area contributed by atoms with Crippen molar-refractivity contribution >= 4 is 0 Å². The number of aliphatic hydroxyl groups excluding tert-OH is 1. The first kappa shape index (κ1) is 16.9. The van der Waals surface area contributed by atoms with E-state index < -0.39 is 0 Å². The van der Waals surface area contributed by atoms with Gasteiger partial charge in [-0.05, 0) is 37.1 Å². The molecule has 0 bridgehead atoms. The first-order valence-electron chi connectivity index (χ1n) is 8.06. The number of hydrogen-bond acceptors (Lipinski definition) is 3. The van der Waals surface area contributed by atoms with Crippen molar-refractivity contribution < 1.29 is 5.11 Å². The highest BCUT2D eigenvalue weighted by Gasteiger charge is 2.32. The molecule has 0 amide bonds. The molecule has 1 aliphatic heterocycles. The van der Waals surface area contributed by atoms with Gasteiger partial charge in [-0.25, -0.2) is 0 Å². The van der Waals surface area contributed by atoms with Gasteiger partial charge in [0, 0.05) is 25.7 Å². The van der Waals surface area contributed by atoms with Gasteiger partial charge in [-0.15, -0.1) is 0 Å². The van der Waals surface area contributed by atoms with Crippen molar-refractivity contribution in [2.75, 3.05) is 26.2 Å². The third kappa shape index (κ3) is 5.05. The van der Waals surface area contributed by atoms with Gasteiger partial charge in [-0.1, -0.05) is 34.6 Å². The van der Waals surface area contributed by atoms with Crippen molar-refractivity contribution in [3.05, 3.63) is 0 Å². The van der Waals surface area contributed by atoms with E-state index in [0.717, 1.165) is 32.6 Å². The molecule has 2 unspecified atom stereocenters. The zero-order valence-electron chi connectivity index (χ0n) is 13.6. The molecular weight excluding hydrogens is 236 g/mol. The molecule has 1 saturated heterocycles. The number of likely N-dealkylation sites (tertiary alicyclic amines) is 1. The molecule has 114 valence electrons. The van der Waals surface area contributed by atoms with Gasteiger partial charge in [0.1, 0.15) is 0 Å². The van der Waals surface area contributed by atoms with Crippen molar-refractivity contribution in [2.24, 2.45) is 11.3 Å². The van der Waals surface area contributed by atoms with E-state index in [-0.39, 0.29) is 6.10 Å². The molecule has 19 heavy (non-hydrogen) atoms. The van der Waals surface area contributed by atoms with Crippen LogP contribution in [-0.2, 0) is 0 Å². The van der Waals surface area contributed by atoms with Crippen LogP contribution in [0.2, 0.25) is 0 Å². The highest BCUT2D eigenvalue weighted by atomic mass is 16.3. The van der Waals surface area contributed by atoms with Crippen LogP contribution >= 0.6 is 0 Å². The third-order valence-corrected chi connectivity index (χ3v) is 4.95. The monoisotopic (exact) mass is 270 g/mol. The summed E-state index contributed by atoms with van der Waals surface area (Å²) in [5, 5.41) is 13.7. The fraction of sp³-hybridized carbons (Fsp3) is 1.00. The van der Waals surface area contributed by atoms with Gasteiger partial charge in [-0.2, -0.15) is 0 Å². The minimum absolute atomic E-state index is 0.141. The maximum atomic E-state index is 10.1. The number of nitrogens with zero attached hydrogens (tertiary/aromatic N) is 1. The number of β-amino-alcohol motifs (C(OH)–C–C–N with tert-alkyl or cyclic N) is 1. The SMILES string of the molecule is CCC(CC)(CNC(C)C)CN1CCC(C)C(O)C1. The molecule has 1 rings (SSSR count). The normalized spacial score (nSPS) is 26.1. The highest BCUT2D eigenvalue weighted by molar-refractivity contribution is 4.87. The van der Waals surface area contributed by atoms with E-state index in [0.29, 0.717) is 17.4 Å². The lowest BCUT2D eigenvalue weighted by Gasteiger charge is -2.42. The number of piperidine rings is 1. The Hall–Kier alpha value is -0.120. The third-order valence-electron chi connectivity index (χ3n) is 4.95. The lowest BCUT2D eigenvalue weighted by atomic mass is 9.80. The molecule has 1 aliphatic rings. The van der Waals surface area contributed by atoms with Gasteiger partial charge in [0.25, 0.3) is 0 Å². The van der Waals surface area contributed by atoms with Crippen LogP contribution in [0.1, 0.15) is 53.9 Å².